The fourth-order valence-corrected chi connectivity index (χ4v) is 9.00. The number of hydrogen-bond acceptors (Lipinski definition) is 9. The standard InChI is InChI=1S/C49H33BrCl2N6O3S/c1-26(2)39-24-30-21-32(51)14-16-37(30)44(46(39)59)57-56-35-11-6-9-29(23-35)41(50)20-27-7-5-10-34(19-27)55-58-45-38-17-15-33(52)22-31(38)25-40(47(45)60)48(61)54-49-53-43-36-12-4-3-8-28(36)13-18-42(43)62-49/h3-26,59-60H,1-2H3,(H,53,54,61)/b41-20-,57-56?,58-55?. The molecule has 1 amide bonds. The molecule has 0 saturated carbocycles. The predicted molar refractivity (Wildman–Crippen MR) is 258 cm³/mol. The van der Waals surface area contributed by atoms with Gasteiger partial charge in [-0.3, -0.25) is 10.1 Å². The first kappa shape index (κ1) is 40.9. The Morgan fingerprint density at radius 3 is 2.08 bits per heavy atom. The van der Waals surface area contributed by atoms with Gasteiger partial charge in [-0.05, 0) is 112 Å². The number of azo groups is 2. The number of aromatic hydroxyl groups is 2. The number of benzene rings is 8. The van der Waals surface area contributed by atoms with Crippen molar-refractivity contribution < 1.29 is 15.0 Å². The number of nitrogens with zero attached hydrogens (tertiary/aromatic N) is 5. The fourth-order valence-electron chi connectivity index (χ4n) is 7.25. The van der Waals surface area contributed by atoms with Crippen LogP contribution in [0.4, 0.5) is 27.9 Å². The van der Waals surface area contributed by atoms with E-state index in [4.69, 9.17) is 28.2 Å². The second-order valence-electron chi connectivity index (χ2n) is 14.8. The molecule has 9 aromatic rings. The number of aromatic nitrogens is 1. The minimum atomic E-state index is -0.552. The van der Waals surface area contributed by atoms with Crippen LogP contribution in [-0.4, -0.2) is 21.1 Å². The lowest BCUT2D eigenvalue weighted by molar-refractivity contribution is 0.102. The average molecular weight is 937 g/mol. The van der Waals surface area contributed by atoms with Crippen LogP contribution in [0.3, 0.4) is 0 Å². The van der Waals surface area contributed by atoms with E-state index in [0.717, 1.165) is 52.9 Å². The van der Waals surface area contributed by atoms with Gasteiger partial charge in [0.2, 0.25) is 0 Å². The van der Waals surface area contributed by atoms with Gasteiger partial charge in [0.15, 0.2) is 10.9 Å². The molecule has 0 radical (unpaired) electrons. The number of phenols is 2. The van der Waals surface area contributed by atoms with Crippen molar-refractivity contribution in [3.05, 3.63) is 166 Å². The highest BCUT2D eigenvalue weighted by Gasteiger charge is 2.21. The molecule has 1 heterocycles. The number of nitrogens with one attached hydrogen (secondary N) is 1. The van der Waals surface area contributed by atoms with Gasteiger partial charge in [0.05, 0.1) is 27.2 Å². The molecule has 13 heteroatoms. The van der Waals surface area contributed by atoms with Gasteiger partial charge < -0.3 is 10.2 Å². The molecule has 62 heavy (non-hydrogen) atoms. The average Bonchev–Trinajstić information content (AvgIpc) is 3.68. The summed E-state index contributed by atoms with van der Waals surface area (Å²) in [5.74, 6) is -0.729. The summed E-state index contributed by atoms with van der Waals surface area (Å²) in [6, 6.07) is 41.0. The highest BCUT2D eigenvalue weighted by Crippen LogP contribution is 2.44. The highest BCUT2D eigenvalue weighted by molar-refractivity contribution is 9.15. The molecule has 0 atom stereocenters. The lowest BCUT2D eigenvalue weighted by Gasteiger charge is -2.13. The van der Waals surface area contributed by atoms with Crippen LogP contribution in [0, 0.1) is 0 Å². The Balaban J connectivity index is 0.983. The van der Waals surface area contributed by atoms with Gasteiger partial charge >= 0.3 is 0 Å². The molecule has 0 bridgehead atoms. The molecule has 0 unspecified atom stereocenters. The Bertz CT molecular complexity index is 3370. The van der Waals surface area contributed by atoms with Crippen molar-refractivity contribution in [2.24, 2.45) is 20.5 Å². The number of fused-ring (bicyclic) bond motifs is 5. The Morgan fingerprint density at radius 1 is 0.694 bits per heavy atom. The third kappa shape index (κ3) is 8.27. The Morgan fingerprint density at radius 2 is 1.35 bits per heavy atom. The second-order valence-corrected chi connectivity index (χ2v) is 17.6. The molecule has 0 aliphatic heterocycles. The van der Waals surface area contributed by atoms with Crippen LogP contribution in [-0.2, 0) is 0 Å². The van der Waals surface area contributed by atoms with Crippen LogP contribution >= 0.6 is 50.5 Å². The molecule has 0 aliphatic carbocycles. The summed E-state index contributed by atoms with van der Waals surface area (Å²) in [4.78, 5) is 18.5. The first-order chi connectivity index (χ1) is 30.0. The van der Waals surface area contributed by atoms with E-state index in [1.165, 1.54) is 11.3 Å². The van der Waals surface area contributed by atoms with Gasteiger partial charge in [-0.15, -0.1) is 10.2 Å². The van der Waals surface area contributed by atoms with Gasteiger partial charge in [0, 0.05) is 30.7 Å². The maximum absolute atomic E-state index is 13.8. The molecule has 1 aromatic heterocycles. The quantitative estimate of drug-likeness (QED) is 0.0982. The number of halogens is 3. The number of thiazole rings is 1. The molecule has 9 rings (SSSR count). The summed E-state index contributed by atoms with van der Waals surface area (Å²) in [7, 11) is 0. The zero-order valence-corrected chi connectivity index (χ0v) is 36.9. The van der Waals surface area contributed by atoms with Gasteiger partial charge in [-0.25, -0.2) is 4.98 Å². The molecule has 0 aliphatic rings. The number of rotatable bonds is 9. The van der Waals surface area contributed by atoms with E-state index in [9.17, 15) is 15.0 Å². The molecular weight excluding hydrogens is 903 g/mol. The number of hydrogen-bond donors (Lipinski definition) is 3. The third-order valence-electron chi connectivity index (χ3n) is 10.3. The Labute approximate surface area is 377 Å². The maximum atomic E-state index is 13.8. The van der Waals surface area contributed by atoms with Crippen molar-refractivity contribution in [1.29, 1.82) is 0 Å². The fraction of sp³-hybridized carbons (Fsp3) is 0.0612. The van der Waals surface area contributed by atoms with Crippen LogP contribution in [0.1, 0.15) is 46.8 Å². The lowest BCUT2D eigenvalue weighted by Crippen LogP contribution is -2.12. The van der Waals surface area contributed by atoms with Crippen molar-refractivity contribution in [3.8, 4) is 11.5 Å². The van der Waals surface area contributed by atoms with E-state index in [1.807, 2.05) is 117 Å². The summed E-state index contributed by atoms with van der Waals surface area (Å²) >= 11 is 17.8. The van der Waals surface area contributed by atoms with Crippen molar-refractivity contribution in [2.45, 2.75) is 19.8 Å². The summed E-state index contributed by atoms with van der Waals surface area (Å²) in [6.07, 6.45) is 1.94. The monoisotopic (exact) mass is 934 g/mol. The van der Waals surface area contributed by atoms with Crippen LogP contribution in [0.25, 0.3) is 53.1 Å². The van der Waals surface area contributed by atoms with Gasteiger partial charge in [0.25, 0.3) is 5.91 Å². The van der Waals surface area contributed by atoms with Gasteiger partial charge in [0.1, 0.15) is 17.1 Å². The Kier molecular flexibility index (Phi) is 11.3. The third-order valence-corrected chi connectivity index (χ3v) is 12.4. The summed E-state index contributed by atoms with van der Waals surface area (Å²) in [5, 5.41) is 50.0. The number of carbonyl (C=O) groups is 1. The van der Waals surface area contributed by atoms with Crippen molar-refractivity contribution in [3.63, 3.8) is 0 Å². The summed E-state index contributed by atoms with van der Waals surface area (Å²) in [5.41, 5.74) is 4.81. The maximum Gasteiger partial charge on any atom is 0.261 e. The first-order valence-electron chi connectivity index (χ1n) is 19.4. The number of amides is 1. The van der Waals surface area contributed by atoms with Crippen LogP contribution in [0.5, 0.6) is 11.5 Å². The molecule has 9 nitrogen and oxygen atoms in total. The zero-order valence-electron chi connectivity index (χ0n) is 32.9. The van der Waals surface area contributed by atoms with Crippen molar-refractivity contribution in [2.75, 3.05) is 5.32 Å². The smallest absolute Gasteiger partial charge is 0.261 e. The van der Waals surface area contributed by atoms with Crippen molar-refractivity contribution in [1.82, 2.24) is 4.98 Å². The summed E-state index contributed by atoms with van der Waals surface area (Å²) in [6.45, 7) is 4.02. The van der Waals surface area contributed by atoms with Gasteiger partial charge in [-0.1, -0.05) is 131 Å². The highest BCUT2D eigenvalue weighted by atomic mass is 79.9. The topological polar surface area (TPSA) is 132 Å². The van der Waals surface area contributed by atoms with E-state index < -0.39 is 5.91 Å². The normalized spacial score (nSPS) is 12.3. The molecule has 8 aromatic carbocycles. The number of anilines is 1. The molecular formula is C49H33BrCl2N6O3S. The van der Waals surface area contributed by atoms with E-state index >= 15 is 0 Å². The van der Waals surface area contributed by atoms with E-state index in [1.54, 1.807) is 36.4 Å². The van der Waals surface area contributed by atoms with Crippen LogP contribution in [0.15, 0.2) is 154 Å². The first-order valence-corrected chi connectivity index (χ1v) is 21.8. The van der Waals surface area contributed by atoms with Gasteiger partial charge in [-0.2, -0.15) is 10.2 Å². The molecule has 0 spiro atoms. The van der Waals surface area contributed by atoms with E-state index in [0.29, 0.717) is 43.0 Å². The lowest BCUT2D eigenvalue weighted by atomic mass is 9.96. The number of phenolic OH excluding ortho intramolecular Hbond substituents is 2. The zero-order chi connectivity index (χ0) is 43.1. The van der Waals surface area contributed by atoms with Crippen molar-refractivity contribution >= 4 is 137 Å². The molecule has 304 valence electrons. The largest absolute Gasteiger partial charge is 0.505 e. The molecule has 0 fully saturated rings. The minimum Gasteiger partial charge on any atom is -0.505 e. The van der Waals surface area contributed by atoms with Crippen LogP contribution < -0.4 is 5.32 Å². The molecule has 0 saturated heterocycles. The predicted octanol–water partition coefficient (Wildman–Crippen LogP) is 16.6. The Hall–Kier alpha value is -6.50. The van der Waals surface area contributed by atoms with Crippen LogP contribution in [0.2, 0.25) is 10.0 Å². The molecule has 3 N–H and O–H groups in total. The van der Waals surface area contributed by atoms with E-state index in [-0.39, 0.29) is 28.7 Å². The minimum absolute atomic E-state index is 0.000599. The second kappa shape index (κ2) is 17.1. The van der Waals surface area contributed by atoms with E-state index in [2.05, 4.69) is 41.7 Å². The number of carbonyl (C=O) groups excluding carboxylic acids is 1. The SMILES string of the molecule is CC(C)c1cc2cc(Cl)ccc2c(N=Nc2cccc(/C(Br)=C/c3cccc(N=Nc4c(O)c(C(=O)Nc5nc6c(ccc7ccccc76)s5)cc5cc(Cl)ccc45)c3)c2)c1O. The summed E-state index contributed by atoms with van der Waals surface area (Å²) < 4.78 is 1.70.